The highest BCUT2D eigenvalue weighted by Crippen LogP contribution is 2.24. The fourth-order valence-corrected chi connectivity index (χ4v) is 2.64. The fourth-order valence-electron chi connectivity index (χ4n) is 1.36. The highest BCUT2D eigenvalue weighted by Gasteiger charge is 2.07. The lowest BCUT2D eigenvalue weighted by molar-refractivity contribution is 0.683. The molecule has 0 bridgehead atoms. The zero-order chi connectivity index (χ0) is 12.1. The molecule has 1 N–H and O–H groups in total. The topological polar surface area (TPSA) is 52.9 Å². The molecule has 2 unspecified atom stereocenters. The summed E-state index contributed by atoms with van der Waals surface area (Å²) in [5, 5.41) is 12.0. The van der Waals surface area contributed by atoms with E-state index in [-0.39, 0.29) is 6.04 Å². The number of hydrogen-bond donors (Lipinski definition) is 1. The molecule has 0 amide bonds. The van der Waals surface area contributed by atoms with E-state index < -0.39 is 10.8 Å². The molecule has 0 aliphatic rings. The van der Waals surface area contributed by atoms with E-state index in [0.717, 1.165) is 10.2 Å². The van der Waals surface area contributed by atoms with Crippen LogP contribution in [0.15, 0.2) is 22.7 Å². The van der Waals surface area contributed by atoms with Crippen molar-refractivity contribution in [2.24, 2.45) is 0 Å². The molecule has 0 saturated heterocycles. The lowest BCUT2D eigenvalue weighted by atomic mass is 10.2. The largest absolute Gasteiger partial charge is 0.381 e. The third-order valence-corrected chi connectivity index (χ3v) is 3.61. The second-order valence-corrected chi connectivity index (χ2v) is 5.93. The number of nitriles is 1. The molecule has 3 nitrogen and oxygen atoms in total. The highest BCUT2D eigenvalue weighted by molar-refractivity contribution is 9.10. The summed E-state index contributed by atoms with van der Waals surface area (Å²) in [6, 6.07) is 7.57. The van der Waals surface area contributed by atoms with Gasteiger partial charge in [-0.25, -0.2) is 0 Å². The lowest BCUT2D eigenvalue weighted by Gasteiger charge is -2.15. The van der Waals surface area contributed by atoms with Crippen molar-refractivity contribution in [3.8, 4) is 6.07 Å². The Bertz CT molecular complexity index is 442. The van der Waals surface area contributed by atoms with Crippen molar-refractivity contribution in [1.29, 1.82) is 5.26 Å². The number of anilines is 1. The van der Waals surface area contributed by atoms with E-state index in [9.17, 15) is 4.21 Å². The molecule has 86 valence electrons. The maximum absolute atomic E-state index is 11.0. The van der Waals surface area contributed by atoms with E-state index in [1.54, 1.807) is 18.4 Å². The van der Waals surface area contributed by atoms with Crippen LogP contribution in [-0.4, -0.2) is 22.3 Å². The van der Waals surface area contributed by atoms with E-state index in [0.29, 0.717) is 11.3 Å². The van der Waals surface area contributed by atoms with E-state index >= 15 is 0 Å². The van der Waals surface area contributed by atoms with Crippen LogP contribution in [0.25, 0.3) is 0 Å². The summed E-state index contributed by atoms with van der Waals surface area (Å²) in [5.41, 5.74) is 1.53. The van der Waals surface area contributed by atoms with E-state index in [1.807, 2.05) is 13.0 Å². The SMILES string of the molecule is CC(CS(C)=O)Nc1ccc(C#N)cc1Br. The monoisotopic (exact) mass is 300 g/mol. The summed E-state index contributed by atoms with van der Waals surface area (Å²) in [7, 11) is -0.812. The van der Waals surface area contributed by atoms with Crippen molar-refractivity contribution in [3.63, 3.8) is 0 Å². The van der Waals surface area contributed by atoms with Crippen LogP contribution in [0.1, 0.15) is 12.5 Å². The number of rotatable bonds is 4. The van der Waals surface area contributed by atoms with Gasteiger partial charge in [-0.05, 0) is 41.1 Å². The normalized spacial score (nSPS) is 13.9. The predicted molar refractivity (Wildman–Crippen MR) is 70.9 cm³/mol. The third-order valence-electron chi connectivity index (χ3n) is 1.98. The average Bonchev–Trinajstić information content (AvgIpc) is 2.19. The first kappa shape index (κ1) is 13.2. The minimum absolute atomic E-state index is 0.134. The Morgan fingerprint density at radius 3 is 2.81 bits per heavy atom. The van der Waals surface area contributed by atoms with Gasteiger partial charge in [-0.3, -0.25) is 4.21 Å². The Kier molecular flexibility index (Phi) is 4.97. The van der Waals surface area contributed by atoms with Gasteiger partial charge in [0, 0.05) is 39.0 Å². The number of benzene rings is 1. The van der Waals surface area contributed by atoms with Gasteiger partial charge in [-0.1, -0.05) is 0 Å². The average molecular weight is 301 g/mol. The second-order valence-electron chi connectivity index (χ2n) is 3.59. The van der Waals surface area contributed by atoms with Gasteiger partial charge in [0.2, 0.25) is 0 Å². The third kappa shape index (κ3) is 3.95. The van der Waals surface area contributed by atoms with Gasteiger partial charge in [0.25, 0.3) is 0 Å². The van der Waals surface area contributed by atoms with E-state index in [1.165, 1.54) is 0 Å². The molecule has 0 radical (unpaired) electrons. The molecule has 0 aliphatic carbocycles. The summed E-state index contributed by atoms with van der Waals surface area (Å²) in [4.78, 5) is 0. The molecule has 0 aromatic heterocycles. The molecule has 5 heteroatoms. The molecule has 0 fully saturated rings. The molecular weight excluding hydrogens is 288 g/mol. The summed E-state index contributed by atoms with van der Waals surface area (Å²) in [5.74, 6) is 0.604. The first-order chi connectivity index (χ1) is 7.52. The van der Waals surface area contributed by atoms with Crippen LogP contribution in [-0.2, 0) is 10.8 Å². The Labute approximate surface area is 106 Å². The zero-order valence-corrected chi connectivity index (χ0v) is 11.6. The predicted octanol–water partition coefficient (Wildman–Crippen LogP) is 2.50. The van der Waals surface area contributed by atoms with Gasteiger partial charge in [-0.2, -0.15) is 5.26 Å². The number of nitrogens with one attached hydrogen (secondary N) is 1. The van der Waals surface area contributed by atoms with Gasteiger partial charge in [0.1, 0.15) is 0 Å². The number of halogens is 1. The first-order valence-electron chi connectivity index (χ1n) is 4.79. The highest BCUT2D eigenvalue weighted by atomic mass is 79.9. The van der Waals surface area contributed by atoms with Gasteiger partial charge in [0.05, 0.1) is 11.6 Å². The minimum atomic E-state index is -0.812. The Morgan fingerprint density at radius 2 is 2.31 bits per heavy atom. The van der Waals surface area contributed by atoms with Crippen LogP contribution in [0.2, 0.25) is 0 Å². The fraction of sp³-hybridized carbons (Fsp3) is 0.364. The second kappa shape index (κ2) is 6.02. The summed E-state index contributed by atoms with van der Waals surface area (Å²) in [6.45, 7) is 1.98. The van der Waals surface area contributed by atoms with Crippen LogP contribution in [0.5, 0.6) is 0 Å². The molecular formula is C11H13BrN2OS. The van der Waals surface area contributed by atoms with Gasteiger partial charge in [0.15, 0.2) is 0 Å². The number of nitrogens with zero attached hydrogens (tertiary/aromatic N) is 1. The Balaban J connectivity index is 2.75. The van der Waals surface area contributed by atoms with Gasteiger partial charge in [-0.15, -0.1) is 0 Å². The van der Waals surface area contributed by atoms with Gasteiger partial charge < -0.3 is 5.32 Å². The van der Waals surface area contributed by atoms with Crippen molar-refractivity contribution in [3.05, 3.63) is 28.2 Å². The van der Waals surface area contributed by atoms with Crippen molar-refractivity contribution >= 4 is 32.4 Å². The standard InChI is InChI=1S/C11H13BrN2OS/c1-8(7-16(2)15)14-11-4-3-9(6-13)5-10(11)12/h3-5,8,14H,7H2,1-2H3. The molecule has 0 spiro atoms. The van der Waals surface area contributed by atoms with Crippen LogP contribution in [0.4, 0.5) is 5.69 Å². The zero-order valence-electron chi connectivity index (χ0n) is 9.16. The molecule has 1 aromatic rings. The Hall–Kier alpha value is -0.860. The van der Waals surface area contributed by atoms with Crippen LogP contribution >= 0.6 is 15.9 Å². The van der Waals surface area contributed by atoms with Crippen molar-refractivity contribution in [2.75, 3.05) is 17.3 Å². The van der Waals surface area contributed by atoms with Crippen molar-refractivity contribution in [1.82, 2.24) is 0 Å². The quantitative estimate of drug-likeness (QED) is 0.929. The molecule has 1 rings (SSSR count). The van der Waals surface area contributed by atoms with E-state index in [2.05, 4.69) is 27.3 Å². The van der Waals surface area contributed by atoms with Crippen LogP contribution in [0, 0.1) is 11.3 Å². The van der Waals surface area contributed by atoms with Crippen LogP contribution in [0.3, 0.4) is 0 Å². The minimum Gasteiger partial charge on any atom is -0.381 e. The van der Waals surface area contributed by atoms with Crippen molar-refractivity contribution in [2.45, 2.75) is 13.0 Å². The molecule has 2 atom stereocenters. The summed E-state index contributed by atoms with van der Waals surface area (Å²) in [6.07, 6.45) is 1.69. The first-order valence-corrected chi connectivity index (χ1v) is 7.31. The molecule has 0 heterocycles. The molecule has 1 aromatic carbocycles. The maximum Gasteiger partial charge on any atom is 0.0992 e. The lowest BCUT2D eigenvalue weighted by Crippen LogP contribution is -2.22. The maximum atomic E-state index is 11.0. The Morgan fingerprint density at radius 1 is 1.62 bits per heavy atom. The van der Waals surface area contributed by atoms with Crippen molar-refractivity contribution < 1.29 is 4.21 Å². The summed E-state index contributed by atoms with van der Waals surface area (Å²) < 4.78 is 11.9. The molecule has 0 aliphatic heterocycles. The van der Waals surface area contributed by atoms with Crippen LogP contribution < -0.4 is 5.32 Å². The summed E-state index contributed by atoms with van der Waals surface area (Å²) >= 11 is 3.39. The smallest absolute Gasteiger partial charge is 0.0992 e. The van der Waals surface area contributed by atoms with Gasteiger partial charge >= 0.3 is 0 Å². The molecule has 0 saturated carbocycles. The van der Waals surface area contributed by atoms with E-state index in [4.69, 9.17) is 5.26 Å². The number of hydrogen-bond acceptors (Lipinski definition) is 3. The molecule has 16 heavy (non-hydrogen) atoms.